The number of esters is 1. The number of carbonyl (C=O) groups is 1. The minimum absolute atomic E-state index is 0.0279. The summed E-state index contributed by atoms with van der Waals surface area (Å²) in [7, 11) is 1.53. The molecule has 8 rings (SSSR count). The van der Waals surface area contributed by atoms with E-state index in [9.17, 15) is 4.79 Å². The molecule has 2 saturated heterocycles. The molecule has 0 aromatic rings. The van der Waals surface area contributed by atoms with E-state index in [-0.39, 0.29) is 28.4 Å². The van der Waals surface area contributed by atoms with Crippen molar-refractivity contribution in [1.29, 1.82) is 0 Å². The SMILES string of the molecule is C=C(C)C1CCC2(NCCN3CC4CC3(C)CO4)CCC3(C)C(CCC4C5(C)CC=C(C6=CCC(C(=O)OC)CC6)C(C)(C)C5CCC43C)C12. The number of fused-ring (bicyclic) bond motifs is 9. The van der Waals surface area contributed by atoms with Crippen molar-refractivity contribution in [3.63, 3.8) is 0 Å². The van der Waals surface area contributed by atoms with E-state index in [0.717, 1.165) is 57.3 Å². The first-order valence-electron chi connectivity index (χ1n) is 20.9. The summed E-state index contributed by atoms with van der Waals surface area (Å²) in [4.78, 5) is 15.0. The van der Waals surface area contributed by atoms with Crippen LogP contribution in [0.4, 0.5) is 0 Å². The van der Waals surface area contributed by atoms with Crippen molar-refractivity contribution in [2.24, 2.45) is 57.2 Å². The average molecular weight is 687 g/mol. The maximum Gasteiger partial charge on any atom is 0.308 e. The minimum Gasteiger partial charge on any atom is -0.469 e. The van der Waals surface area contributed by atoms with Gasteiger partial charge in [-0.15, -0.1) is 0 Å². The van der Waals surface area contributed by atoms with Gasteiger partial charge in [0.1, 0.15) is 0 Å². The third-order valence-electron chi connectivity index (χ3n) is 18.3. The lowest BCUT2D eigenvalue weighted by molar-refractivity contribution is -0.221. The molecule has 0 radical (unpaired) electrons. The highest BCUT2D eigenvalue weighted by atomic mass is 16.5. The van der Waals surface area contributed by atoms with Crippen LogP contribution in [0.1, 0.15) is 132 Å². The molecule has 50 heavy (non-hydrogen) atoms. The highest BCUT2D eigenvalue weighted by Crippen LogP contribution is 2.76. The van der Waals surface area contributed by atoms with Crippen molar-refractivity contribution in [2.45, 2.75) is 149 Å². The Kier molecular flexibility index (Phi) is 8.57. The molecule has 2 aliphatic heterocycles. The van der Waals surface area contributed by atoms with Crippen molar-refractivity contribution in [3.8, 4) is 0 Å². The van der Waals surface area contributed by atoms with E-state index < -0.39 is 0 Å². The number of carbonyl (C=O) groups excluding carboxylic acids is 1. The van der Waals surface area contributed by atoms with Crippen molar-refractivity contribution in [2.75, 3.05) is 33.4 Å². The van der Waals surface area contributed by atoms with Gasteiger partial charge in [0, 0.05) is 30.7 Å². The van der Waals surface area contributed by atoms with E-state index >= 15 is 0 Å². The fourth-order valence-corrected chi connectivity index (χ4v) is 15.6. The number of hydrogen-bond acceptors (Lipinski definition) is 5. The summed E-state index contributed by atoms with van der Waals surface area (Å²) in [5, 5.41) is 4.37. The van der Waals surface area contributed by atoms with E-state index in [1.165, 1.54) is 82.5 Å². The monoisotopic (exact) mass is 687 g/mol. The first-order chi connectivity index (χ1) is 23.6. The van der Waals surface area contributed by atoms with Gasteiger partial charge < -0.3 is 14.8 Å². The van der Waals surface area contributed by atoms with Gasteiger partial charge in [0.25, 0.3) is 0 Å². The second-order valence-electron chi connectivity index (χ2n) is 20.6. The van der Waals surface area contributed by atoms with Crippen molar-refractivity contribution in [1.82, 2.24) is 10.2 Å². The molecular formula is C45H70N2O3. The highest BCUT2D eigenvalue weighted by molar-refractivity contribution is 5.73. The third kappa shape index (κ3) is 4.96. The Bertz CT molecular complexity index is 1460. The fraction of sp³-hybridized carbons (Fsp3) is 0.844. The fourth-order valence-electron chi connectivity index (χ4n) is 15.6. The van der Waals surface area contributed by atoms with Crippen LogP contribution in [0.15, 0.2) is 35.5 Å². The molecule has 0 aromatic carbocycles. The van der Waals surface area contributed by atoms with Crippen LogP contribution in [0.2, 0.25) is 0 Å². The topological polar surface area (TPSA) is 50.8 Å². The molecule has 278 valence electrons. The molecule has 6 fully saturated rings. The molecule has 2 heterocycles. The van der Waals surface area contributed by atoms with Gasteiger partial charge in [0.05, 0.1) is 25.7 Å². The zero-order chi connectivity index (χ0) is 35.5. The molecule has 12 unspecified atom stereocenters. The van der Waals surface area contributed by atoms with Crippen LogP contribution in [0.5, 0.6) is 0 Å². The van der Waals surface area contributed by atoms with Crippen LogP contribution in [-0.2, 0) is 14.3 Å². The molecule has 5 heteroatoms. The smallest absolute Gasteiger partial charge is 0.308 e. The van der Waals surface area contributed by atoms with Gasteiger partial charge in [0.15, 0.2) is 0 Å². The second kappa shape index (κ2) is 12.0. The van der Waals surface area contributed by atoms with Crippen LogP contribution in [0, 0.1) is 57.2 Å². The Labute approximate surface area is 304 Å². The average Bonchev–Trinajstić information content (AvgIpc) is 3.75. The first kappa shape index (κ1) is 35.6. The quantitative estimate of drug-likeness (QED) is 0.214. The highest BCUT2D eigenvalue weighted by Gasteiger charge is 2.70. The van der Waals surface area contributed by atoms with E-state index in [4.69, 9.17) is 9.47 Å². The van der Waals surface area contributed by atoms with E-state index in [1.54, 1.807) is 5.57 Å². The van der Waals surface area contributed by atoms with Gasteiger partial charge >= 0.3 is 5.97 Å². The third-order valence-corrected chi connectivity index (χ3v) is 18.3. The van der Waals surface area contributed by atoms with Gasteiger partial charge in [-0.25, -0.2) is 0 Å². The molecule has 8 aliphatic rings. The summed E-state index contributed by atoms with van der Waals surface area (Å²) in [5.74, 6) is 3.56. The standard InChI is InChI=1S/C45H70N2O3/c1-29(2)33-16-21-45(46-24-25-47-27-32-26-41(47,5)28-50-32)23-22-43(7)35(38(33)45)14-15-37-42(6)19-17-34(30-10-12-31(13-11-30)39(48)49-9)40(3,4)36(42)18-20-44(37,43)8/h10,17,31-33,35-38,46H,1,11-16,18-28H2,2-9H3. The predicted molar refractivity (Wildman–Crippen MR) is 203 cm³/mol. The van der Waals surface area contributed by atoms with Crippen LogP contribution in [0.3, 0.4) is 0 Å². The molecule has 12 atom stereocenters. The molecule has 1 N–H and O–H groups in total. The largest absolute Gasteiger partial charge is 0.469 e. The molecule has 6 aliphatic carbocycles. The Balaban J connectivity index is 1.04. The summed E-state index contributed by atoms with van der Waals surface area (Å²) in [6, 6.07) is 0. The molecule has 0 amide bonds. The zero-order valence-corrected chi connectivity index (χ0v) is 33.1. The lowest BCUT2D eigenvalue weighted by atomic mass is 9.33. The number of likely N-dealkylation sites (tertiary alicyclic amines) is 1. The van der Waals surface area contributed by atoms with Gasteiger partial charge in [0.2, 0.25) is 0 Å². The second-order valence-corrected chi connectivity index (χ2v) is 20.6. The number of nitrogens with one attached hydrogen (secondary N) is 1. The number of allylic oxidation sites excluding steroid dienone is 5. The summed E-state index contributed by atoms with van der Waals surface area (Å²) >= 11 is 0. The van der Waals surface area contributed by atoms with E-state index in [2.05, 4.69) is 77.4 Å². The molecule has 4 saturated carbocycles. The molecule has 5 nitrogen and oxygen atoms in total. The molecule has 0 aromatic heterocycles. The minimum atomic E-state index is -0.0398. The van der Waals surface area contributed by atoms with Gasteiger partial charge in [-0.2, -0.15) is 0 Å². The summed E-state index contributed by atoms with van der Waals surface area (Å²) in [6.07, 6.45) is 21.5. The number of rotatable bonds is 7. The summed E-state index contributed by atoms with van der Waals surface area (Å²) in [6.45, 7) is 27.1. The maximum atomic E-state index is 12.3. The first-order valence-corrected chi connectivity index (χ1v) is 20.9. The predicted octanol–water partition coefficient (Wildman–Crippen LogP) is 9.29. The normalized spacial score (nSPS) is 49.2. The number of nitrogens with zero attached hydrogens (tertiary/aromatic N) is 1. The lowest BCUT2D eigenvalue weighted by Crippen LogP contribution is -2.68. The van der Waals surface area contributed by atoms with Gasteiger partial charge in [-0.05, 0) is 160 Å². The number of morpholine rings is 1. The summed E-state index contributed by atoms with van der Waals surface area (Å²) < 4.78 is 11.1. The lowest BCUT2D eigenvalue weighted by Gasteiger charge is -2.72. The van der Waals surface area contributed by atoms with E-state index in [0.29, 0.717) is 40.1 Å². The van der Waals surface area contributed by atoms with Crippen molar-refractivity contribution >= 4 is 5.97 Å². The van der Waals surface area contributed by atoms with Gasteiger partial charge in [-0.1, -0.05) is 58.9 Å². The maximum absolute atomic E-state index is 12.3. The van der Waals surface area contributed by atoms with Crippen molar-refractivity contribution < 1.29 is 14.3 Å². The number of ether oxygens (including phenoxy) is 2. The summed E-state index contributed by atoms with van der Waals surface area (Å²) in [5.41, 5.74) is 6.25. The van der Waals surface area contributed by atoms with Crippen LogP contribution in [-0.4, -0.2) is 61.4 Å². The Morgan fingerprint density at radius 2 is 1.78 bits per heavy atom. The Hall–Kier alpha value is -1.43. The van der Waals surface area contributed by atoms with E-state index in [1.807, 2.05) is 0 Å². The number of methoxy groups -OCH3 is 1. The van der Waals surface area contributed by atoms with Crippen molar-refractivity contribution in [3.05, 3.63) is 35.5 Å². The van der Waals surface area contributed by atoms with Crippen LogP contribution in [0.25, 0.3) is 0 Å². The molecule has 0 spiro atoms. The zero-order valence-electron chi connectivity index (χ0n) is 33.1. The van der Waals surface area contributed by atoms with Crippen LogP contribution >= 0.6 is 0 Å². The molecule has 2 bridgehead atoms. The van der Waals surface area contributed by atoms with Crippen LogP contribution < -0.4 is 5.32 Å². The Morgan fingerprint density at radius 3 is 2.44 bits per heavy atom. The molecular weight excluding hydrogens is 617 g/mol. The number of hydrogen-bond donors (Lipinski definition) is 1. The Morgan fingerprint density at radius 1 is 0.980 bits per heavy atom. The van der Waals surface area contributed by atoms with Gasteiger partial charge in [-0.3, -0.25) is 9.69 Å².